The Kier molecular flexibility index (Phi) is 6.80. The molecule has 3 N–H and O–H groups in total. The summed E-state index contributed by atoms with van der Waals surface area (Å²) in [6.45, 7) is 2.00. The standard InChI is InChI=1S/C26H20F3N5O3/c27-17-6-15(7-19(9-17)34-26(36)33-18-1-2-20(28)21(29)10-18)25(35)22-8-14-5-16(11-31-23(14)12-32-22)24-13-30-3-4-37-24/h1-2,5-12,24,30H,3-4,13H2,(H2,33,34,36). The van der Waals surface area contributed by atoms with E-state index in [1.54, 1.807) is 12.3 Å². The molecule has 3 heterocycles. The lowest BCUT2D eigenvalue weighted by atomic mass is 10.0. The van der Waals surface area contributed by atoms with E-state index in [-0.39, 0.29) is 28.7 Å². The molecule has 37 heavy (non-hydrogen) atoms. The quantitative estimate of drug-likeness (QED) is 0.342. The van der Waals surface area contributed by atoms with Gasteiger partial charge in [0.15, 0.2) is 11.6 Å². The molecule has 2 aromatic heterocycles. The Bertz CT molecular complexity index is 1510. The van der Waals surface area contributed by atoms with Crippen LogP contribution in [-0.4, -0.2) is 41.5 Å². The van der Waals surface area contributed by atoms with Crippen molar-refractivity contribution in [1.82, 2.24) is 15.3 Å². The number of pyridine rings is 2. The molecular weight excluding hydrogens is 487 g/mol. The maximum absolute atomic E-state index is 14.3. The molecule has 0 saturated carbocycles. The number of hydrogen-bond acceptors (Lipinski definition) is 6. The van der Waals surface area contributed by atoms with Crippen LogP contribution in [0.1, 0.15) is 27.7 Å². The number of benzene rings is 2. The summed E-state index contributed by atoms with van der Waals surface area (Å²) in [5.41, 5.74) is 1.44. The van der Waals surface area contributed by atoms with Crippen molar-refractivity contribution in [2.24, 2.45) is 0 Å². The van der Waals surface area contributed by atoms with Crippen molar-refractivity contribution in [3.63, 3.8) is 0 Å². The first-order valence-electron chi connectivity index (χ1n) is 11.3. The summed E-state index contributed by atoms with van der Waals surface area (Å²) in [6, 6.07) is 8.77. The van der Waals surface area contributed by atoms with Gasteiger partial charge in [-0.2, -0.15) is 0 Å². The van der Waals surface area contributed by atoms with Crippen LogP contribution < -0.4 is 16.0 Å². The average Bonchev–Trinajstić information content (AvgIpc) is 2.90. The van der Waals surface area contributed by atoms with Crippen molar-refractivity contribution in [3.05, 3.63) is 95.2 Å². The summed E-state index contributed by atoms with van der Waals surface area (Å²) in [7, 11) is 0. The van der Waals surface area contributed by atoms with E-state index in [1.807, 2.05) is 6.07 Å². The van der Waals surface area contributed by atoms with Gasteiger partial charge in [-0.25, -0.2) is 18.0 Å². The van der Waals surface area contributed by atoms with Gasteiger partial charge in [0.2, 0.25) is 5.78 Å². The van der Waals surface area contributed by atoms with E-state index in [9.17, 15) is 22.8 Å². The SMILES string of the molecule is O=C(Nc1cc(F)cc(C(=O)c2cc3cc(C4CNCCO4)cnc3cn2)c1)Nc1ccc(F)c(F)c1. The van der Waals surface area contributed by atoms with Crippen molar-refractivity contribution in [3.8, 4) is 0 Å². The maximum Gasteiger partial charge on any atom is 0.323 e. The number of halogens is 3. The van der Waals surface area contributed by atoms with Crippen molar-refractivity contribution in [2.75, 3.05) is 30.3 Å². The second-order valence-electron chi connectivity index (χ2n) is 8.36. The molecule has 0 spiro atoms. The lowest BCUT2D eigenvalue weighted by molar-refractivity contribution is 0.0276. The Hall–Kier alpha value is -4.35. The molecule has 1 aliphatic rings. The summed E-state index contributed by atoms with van der Waals surface area (Å²) in [4.78, 5) is 34.0. The number of urea groups is 1. The molecule has 1 saturated heterocycles. The Balaban J connectivity index is 1.35. The van der Waals surface area contributed by atoms with Crippen molar-refractivity contribution in [2.45, 2.75) is 6.10 Å². The van der Waals surface area contributed by atoms with Gasteiger partial charge in [-0.3, -0.25) is 14.8 Å². The number of ketones is 1. The van der Waals surface area contributed by atoms with Gasteiger partial charge in [0, 0.05) is 53.2 Å². The zero-order valence-corrected chi connectivity index (χ0v) is 19.2. The fourth-order valence-electron chi connectivity index (χ4n) is 3.94. The Morgan fingerprint density at radius 2 is 1.76 bits per heavy atom. The number of morpholine rings is 1. The van der Waals surface area contributed by atoms with Crippen LogP contribution in [0.5, 0.6) is 0 Å². The zero-order chi connectivity index (χ0) is 25.9. The van der Waals surface area contributed by atoms with Gasteiger partial charge in [-0.1, -0.05) is 0 Å². The van der Waals surface area contributed by atoms with E-state index >= 15 is 0 Å². The molecule has 11 heteroatoms. The predicted molar refractivity (Wildman–Crippen MR) is 130 cm³/mol. The normalized spacial score (nSPS) is 15.4. The van der Waals surface area contributed by atoms with Crippen LogP contribution in [0.2, 0.25) is 0 Å². The number of amides is 2. The van der Waals surface area contributed by atoms with E-state index in [2.05, 4.69) is 25.9 Å². The first kappa shape index (κ1) is 24.3. The fraction of sp³-hybridized carbons (Fsp3) is 0.154. The fourth-order valence-corrected chi connectivity index (χ4v) is 3.94. The Morgan fingerprint density at radius 3 is 2.54 bits per heavy atom. The highest BCUT2D eigenvalue weighted by Crippen LogP contribution is 2.24. The second kappa shape index (κ2) is 10.3. The molecule has 4 aromatic rings. The van der Waals surface area contributed by atoms with Crippen LogP contribution in [0, 0.1) is 17.5 Å². The molecule has 0 radical (unpaired) electrons. The molecule has 2 amide bonds. The third kappa shape index (κ3) is 5.57. The van der Waals surface area contributed by atoms with Crippen molar-refractivity contribution in [1.29, 1.82) is 0 Å². The minimum absolute atomic E-state index is 0.00754. The van der Waals surface area contributed by atoms with Gasteiger partial charge in [0.1, 0.15) is 11.5 Å². The summed E-state index contributed by atoms with van der Waals surface area (Å²) in [6.07, 6.45) is 3.01. The number of aromatic nitrogens is 2. The van der Waals surface area contributed by atoms with Crippen LogP contribution in [0.15, 0.2) is 60.9 Å². The number of hydrogen-bond donors (Lipinski definition) is 3. The number of anilines is 2. The smallest absolute Gasteiger partial charge is 0.323 e. The summed E-state index contributed by atoms with van der Waals surface area (Å²) in [5.74, 6) is -3.52. The van der Waals surface area contributed by atoms with E-state index in [4.69, 9.17) is 4.74 Å². The lowest BCUT2D eigenvalue weighted by Crippen LogP contribution is -2.33. The highest BCUT2D eigenvalue weighted by atomic mass is 19.2. The third-order valence-corrected chi connectivity index (χ3v) is 5.72. The summed E-state index contributed by atoms with van der Waals surface area (Å²) >= 11 is 0. The monoisotopic (exact) mass is 507 g/mol. The maximum atomic E-state index is 14.3. The van der Waals surface area contributed by atoms with Crippen molar-refractivity contribution >= 4 is 34.1 Å². The van der Waals surface area contributed by atoms with Gasteiger partial charge in [0.25, 0.3) is 0 Å². The van der Waals surface area contributed by atoms with E-state index in [0.29, 0.717) is 24.1 Å². The third-order valence-electron chi connectivity index (χ3n) is 5.72. The molecule has 0 aliphatic carbocycles. The first-order chi connectivity index (χ1) is 17.9. The van der Waals surface area contributed by atoms with Crippen LogP contribution in [0.3, 0.4) is 0 Å². The molecule has 1 aliphatic heterocycles. The lowest BCUT2D eigenvalue weighted by Gasteiger charge is -2.23. The topological polar surface area (TPSA) is 105 Å². The number of fused-ring (bicyclic) bond motifs is 1. The molecular formula is C26H20F3N5O3. The number of nitrogens with one attached hydrogen (secondary N) is 3. The molecule has 0 bridgehead atoms. The number of rotatable bonds is 5. The van der Waals surface area contributed by atoms with Crippen molar-refractivity contribution < 1.29 is 27.5 Å². The summed E-state index contributed by atoms with van der Waals surface area (Å²) in [5, 5.41) is 8.62. The van der Waals surface area contributed by atoms with Gasteiger partial charge in [-0.15, -0.1) is 0 Å². The van der Waals surface area contributed by atoms with E-state index in [0.717, 1.165) is 36.4 Å². The van der Waals surface area contributed by atoms with Crippen LogP contribution in [0.25, 0.3) is 10.9 Å². The van der Waals surface area contributed by atoms with Gasteiger partial charge in [0.05, 0.1) is 24.4 Å². The van der Waals surface area contributed by atoms with Crippen LogP contribution >= 0.6 is 0 Å². The number of carbonyl (C=O) groups is 2. The van der Waals surface area contributed by atoms with E-state index in [1.165, 1.54) is 18.3 Å². The van der Waals surface area contributed by atoms with Crippen LogP contribution in [-0.2, 0) is 4.74 Å². The largest absolute Gasteiger partial charge is 0.371 e. The number of carbonyl (C=O) groups excluding carboxylic acids is 2. The molecule has 5 rings (SSSR count). The Labute approximate surface area is 208 Å². The van der Waals surface area contributed by atoms with Gasteiger partial charge >= 0.3 is 6.03 Å². The molecule has 2 aromatic carbocycles. The van der Waals surface area contributed by atoms with Crippen LogP contribution in [0.4, 0.5) is 29.3 Å². The molecule has 1 unspecified atom stereocenters. The first-order valence-corrected chi connectivity index (χ1v) is 11.3. The minimum atomic E-state index is -1.13. The average molecular weight is 507 g/mol. The Morgan fingerprint density at radius 1 is 0.919 bits per heavy atom. The zero-order valence-electron chi connectivity index (χ0n) is 19.2. The summed E-state index contributed by atoms with van der Waals surface area (Å²) < 4.78 is 46.5. The van der Waals surface area contributed by atoms with E-state index < -0.39 is 29.3 Å². The second-order valence-corrected chi connectivity index (χ2v) is 8.36. The predicted octanol–water partition coefficient (Wildman–Crippen LogP) is 4.58. The minimum Gasteiger partial charge on any atom is -0.371 e. The van der Waals surface area contributed by atoms with Gasteiger partial charge in [-0.05, 0) is 42.5 Å². The molecule has 1 atom stereocenters. The molecule has 8 nitrogen and oxygen atoms in total. The highest BCUT2D eigenvalue weighted by molar-refractivity contribution is 6.10. The number of nitrogens with zero attached hydrogens (tertiary/aromatic N) is 2. The molecule has 188 valence electrons. The highest BCUT2D eigenvalue weighted by Gasteiger charge is 2.18. The number of ether oxygens (including phenoxy) is 1. The van der Waals surface area contributed by atoms with Gasteiger partial charge < -0.3 is 20.7 Å². The molecule has 1 fully saturated rings.